The first-order chi connectivity index (χ1) is 15.9. The van der Waals surface area contributed by atoms with Gasteiger partial charge in [0.05, 0.1) is 26.9 Å². The highest BCUT2D eigenvalue weighted by molar-refractivity contribution is 7.89. The van der Waals surface area contributed by atoms with Crippen molar-refractivity contribution >= 4 is 15.9 Å². The van der Waals surface area contributed by atoms with Crippen molar-refractivity contribution in [3.05, 3.63) is 59.7 Å². The van der Waals surface area contributed by atoms with Crippen LogP contribution in [0.4, 0.5) is 0 Å². The lowest BCUT2D eigenvalue weighted by atomic mass is 10.2. The van der Waals surface area contributed by atoms with Gasteiger partial charge in [-0.25, -0.2) is 8.42 Å². The van der Waals surface area contributed by atoms with Crippen molar-refractivity contribution in [1.82, 2.24) is 14.5 Å². The molecule has 1 aliphatic rings. The van der Waals surface area contributed by atoms with E-state index < -0.39 is 10.0 Å². The molecule has 1 fully saturated rings. The van der Waals surface area contributed by atoms with Crippen molar-refractivity contribution < 1.29 is 22.7 Å². The molecule has 1 saturated heterocycles. The van der Waals surface area contributed by atoms with Crippen LogP contribution in [0.1, 0.15) is 17.5 Å². The summed E-state index contributed by atoms with van der Waals surface area (Å²) in [5.74, 6) is -0.0762. The SMILES string of the molecule is COc1ccc(C)cc1S(=O)(=O)N(CC(=O)NCCCN1CCOCC1)Cc1ccccc1. The molecule has 0 aromatic heterocycles. The third-order valence-electron chi connectivity index (χ3n) is 5.54. The van der Waals surface area contributed by atoms with E-state index in [0.29, 0.717) is 6.54 Å². The van der Waals surface area contributed by atoms with Crippen LogP contribution in [0.15, 0.2) is 53.4 Å². The van der Waals surface area contributed by atoms with E-state index >= 15 is 0 Å². The number of methoxy groups -OCH3 is 1. The second-order valence-electron chi connectivity index (χ2n) is 8.07. The molecule has 0 saturated carbocycles. The number of rotatable bonds is 11. The van der Waals surface area contributed by atoms with Crippen LogP contribution in [0.25, 0.3) is 0 Å². The zero-order chi connectivity index (χ0) is 23.7. The summed E-state index contributed by atoms with van der Waals surface area (Å²) in [5, 5.41) is 2.87. The van der Waals surface area contributed by atoms with Crippen LogP contribution in [-0.4, -0.2) is 76.6 Å². The third-order valence-corrected chi connectivity index (χ3v) is 7.35. The molecule has 0 spiro atoms. The molecule has 8 nitrogen and oxygen atoms in total. The molecule has 0 atom stereocenters. The van der Waals surface area contributed by atoms with Gasteiger partial charge in [-0.2, -0.15) is 4.31 Å². The van der Waals surface area contributed by atoms with Crippen LogP contribution in [0.2, 0.25) is 0 Å². The van der Waals surface area contributed by atoms with Crippen LogP contribution in [0.5, 0.6) is 5.75 Å². The summed E-state index contributed by atoms with van der Waals surface area (Å²) >= 11 is 0. The van der Waals surface area contributed by atoms with E-state index in [1.165, 1.54) is 11.4 Å². The monoisotopic (exact) mass is 475 g/mol. The van der Waals surface area contributed by atoms with Crippen molar-refractivity contribution in [2.75, 3.05) is 53.0 Å². The number of nitrogens with one attached hydrogen (secondary N) is 1. The predicted molar refractivity (Wildman–Crippen MR) is 127 cm³/mol. The summed E-state index contributed by atoms with van der Waals surface area (Å²) in [7, 11) is -2.55. The standard InChI is InChI=1S/C24H33N3O5S/c1-20-9-10-22(31-2)23(17-20)33(29,30)27(18-21-7-4-3-5-8-21)19-24(28)25-11-6-12-26-13-15-32-16-14-26/h3-5,7-10,17H,6,11-16,18-19H2,1-2H3,(H,25,28). The van der Waals surface area contributed by atoms with Gasteiger partial charge >= 0.3 is 0 Å². The van der Waals surface area contributed by atoms with Crippen LogP contribution in [0.3, 0.4) is 0 Å². The largest absolute Gasteiger partial charge is 0.495 e. The average molecular weight is 476 g/mol. The van der Waals surface area contributed by atoms with E-state index in [1.807, 2.05) is 37.3 Å². The topological polar surface area (TPSA) is 88.2 Å². The molecule has 2 aromatic rings. The van der Waals surface area contributed by atoms with Gasteiger partial charge in [0.25, 0.3) is 0 Å². The van der Waals surface area contributed by atoms with Gasteiger partial charge in [-0.05, 0) is 43.1 Å². The fourth-order valence-corrected chi connectivity index (χ4v) is 5.33. The summed E-state index contributed by atoms with van der Waals surface area (Å²) in [6.07, 6.45) is 0.795. The zero-order valence-electron chi connectivity index (χ0n) is 19.3. The molecule has 1 heterocycles. The molecule has 0 radical (unpaired) electrons. The fraction of sp³-hybridized carbons (Fsp3) is 0.458. The number of ether oxygens (including phenoxy) is 2. The van der Waals surface area contributed by atoms with E-state index in [4.69, 9.17) is 9.47 Å². The van der Waals surface area contributed by atoms with Gasteiger partial charge in [0.15, 0.2) is 0 Å². The summed E-state index contributed by atoms with van der Waals surface area (Å²) in [4.78, 5) is 15.1. The van der Waals surface area contributed by atoms with Gasteiger partial charge in [-0.3, -0.25) is 9.69 Å². The molecule has 0 aliphatic carbocycles. The second-order valence-corrected chi connectivity index (χ2v) is 9.98. The molecule has 180 valence electrons. The molecule has 1 N–H and O–H groups in total. The molecular formula is C24H33N3O5S. The molecule has 1 amide bonds. The Labute approximate surface area is 196 Å². The number of hydrogen-bond acceptors (Lipinski definition) is 6. The summed E-state index contributed by atoms with van der Waals surface area (Å²) in [5.41, 5.74) is 1.59. The number of sulfonamides is 1. The van der Waals surface area contributed by atoms with Crippen molar-refractivity contribution in [3.63, 3.8) is 0 Å². The van der Waals surface area contributed by atoms with Crippen LogP contribution < -0.4 is 10.1 Å². The van der Waals surface area contributed by atoms with E-state index in [2.05, 4.69) is 10.2 Å². The Bertz CT molecular complexity index is 1010. The maximum atomic E-state index is 13.6. The van der Waals surface area contributed by atoms with E-state index in [0.717, 1.165) is 50.4 Å². The van der Waals surface area contributed by atoms with E-state index in [9.17, 15) is 13.2 Å². The first kappa shape index (κ1) is 25.2. The van der Waals surface area contributed by atoms with Crippen molar-refractivity contribution in [1.29, 1.82) is 0 Å². The molecule has 0 bridgehead atoms. The van der Waals surface area contributed by atoms with Gasteiger partial charge < -0.3 is 14.8 Å². The summed E-state index contributed by atoms with van der Waals surface area (Å²) < 4.78 is 39.0. The summed E-state index contributed by atoms with van der Waals surface area (Å²) in [6, 6.07) is 14.2. The number of carbonyl (C=O) groups excluding carboxylic acids is 1. The smallest absolute Gasteiger partial charge is 0.247 e. The Balaban J connectivity index is 1.70. The van der Waals surface area contributed by atoms with Crippen molar-refractivity contribution in [3.8, 4) is 5.75 Å². The molecule has 33 heavy (non-hydrogen) atoms. The van der Waals surface area contributed by atoms with Crippen molar-refractivity contribution in [2.45, 2.75) is 24.8 Å². The van der Waals surface area contributed by atoms with Crippen LogP contribution >= 0.6 is 0 Å². The molecule has 0 unspecified atom stereocenters. The normalized spacial score (nSPS) is 14.9. The third kappa shape index (κ3) is 7.26. The first-order valence-electron chi connectivity index (χ1n) is 11.2. The van der Waals surface area contributed by atoms with Gasteiger partial charge in [0.2, 0.25) is 15.9 Å². The number of amides is 1. The number of benzene rings is 2. The minimum absolute atomic E-state index is 0.0565. The molecule has 3 rings (SSSR count). The molecule has 1 aliphatic heterocycles. The first-order valence-corrected chi connectivity index (χ1v) is 12.6. The second kappa shape index (κ2) is 12.1. The fourth-order valence-electron chi connectivity index (χ4n) is 3.71. The Hall–Kier alpha value is -2.46. The average Bonchev–Trinajstić information content (AvgIpc) is 2.83. The number of carbonyl (C=O) groups is 1. The Morgan fingerprint density at radius 2 is 1.88 bits per heavy atom. The van der Waals surface area contributed by atoms with Gasteiger partial charge in [-0.15, -0.1) is 0 Å². The quantitative estimate of drug-likeness (QED) is 0.501. The summed E-state index contributed by atoms with van der Waals surface area (Å²) in [6.45, 7) is 6.26. The highest BCUT2D eigenvalue weighted by Gasteiger charge is 2.30. The molecule has 2 aromatic carbocycles. The van der Waals surface area contributed by atoms with E-state index in [1.54, 1.807) is 18.2 Å². The van der Waals surface area contributed by atoms with Gasteiger partial charge in [0, 0.05) is 26.2 Å². The highest BCUT2D eigenvalue weighted by atomic mass is 32.2. The highest BCUT2D eigenvalue weighted by Crippen LogP contribution is 2.28. The Kier molecular flexibility index (Phi) is 9.25. The lowest BCUT2D eigenvalue weighted by Crippen LogP contribution is -2.42. The number of morpholine rings is 1. The van der Waals surface area contributed by atoms with Gasteiger partial charge in [0.1, 0.15) is 10.6 Å². The zero-order valence-corrected chi connectivity index (χ0v) is 20.1. The maximum Gasteiger partial charge on any atom is 0.247 e. The Morgan fingerprint density at radius 3 is 2.58 bits per heavy atom. The maximum absolute atomic E-state index is 13.6. The number of aryl methyl sites for hydroxylation is 1. The molecular weight excluding hydrogens is 442 g/mol. The molecule has 9 heteroatoms. The lowest BCUT2D eigenvalue weighted by Gasteiger charge is -2.26. The predicted octanol–water partition coefficient (Wildman–Crippen LogP) is 2.03. The Morgan fingerprint density at radius 1 is 1.15 bits per heavy atom. The van der Waals surface area contributed by atoms with Crippen LogP contribution in [-0.2, 0) is 26.1 Å². The minimum Gasteiger partial charge on any atom is -0.495 e. The minimum atomic E-state index is -3.98. The van der Waals surface area contributed by atoms with Gasteiger partial charge in [-0.1, -0.05) is 36.4 Å². The van der Waals surface area contributed by atoms with Crippen molar-refractivity contribution in [2.24, 2.45) is 0 Å². The lowest BCUT2D eigenvalue weighted by molar-refractivity contribution is -0.121. The number of nitrogens with zero attached hydrogens (tertiary/aromatic N) is 2. The van der Waals surface area contributed by atoms with E-state index in [-0.39, 0.29) is 29.6 Å². The number of hydrogen-bond donors (Lipinski definition) is 1. The van der Waals surface area contributed by atoms with Crippen LogP contribution in [0, 0.1) is 6.92 Å².